The average Bonchev–Trinajstić information content (AvgIpc) is 2.07. The molecule has 1 aliphatic rings. The van der Waals surface area contributed by atoms with E-state index in [0.29, 0.717) is 0 Å². The molecule has 66 valence electrons. The van der Waals surface area contributed by atoms with Crippen molar-refractivity contribution in [2.75, 3.05) is 26.3 Å². The molecule has 1 N–H and O–H groups in total. The third-order valence-corrected chi connectivity index (χ3v) is 2.21. The highest BCUT2D eigenvalue weighted by Crippen LogP contribution is 2.06. The molecule has 0 radical (unpaired) electrons. The zero-order valence-corrected chi connectivity index (χ0v) is 7.60. The van der Waals surface area contributed by atoms with Crippen molar-refractivity contribution in [3.8, 4) is 0 Å². The lowest BCUT2D eigenvalue weighted by Crippen LogP contribution is -2.38. The molecule has 0 aromatic heterocycles. The summed E-state index contributed by atoms with van der Waals surface area (Å²) in [7, 11) is 0. The lowest BCUT2D eigenvalue weighted by Gasteiger charge is -2.26. The smallest absolute Gasteiger partial charge is 0.0480 e. The van der Waals surface area contributed by atoms with Crippen LogP contribution in [0.15, 0.2) is 0 Å². The lowest BCUT2D eigenvalue weighted by atomic mass is 10.1. The zero-order valence-electron chi connectivity index (χ0n) is 7.60. The summed E-state index contributed by atoms with van der Waals surface area (Å²) in [6.45, 7) is 7.08. The van der Waals surface area contributed by atoms with Gasteiger partial charge in [-0.05, 0) is 38.9 Å². The second kappa shape index (κ2) is 5.56. The lowest BCUT2D eigenvalue weighted by molar-refractivity contribution is 0.213. The van der Waals surface area contributed by atoms with Gasteiger partial charge in [0.1, 0.15) is 0 Å². The minimum Gasteiger partial charge on any atom is -0.304 e. The minimum absolute atomic E-state index is 1.10. The van der Waals surface area contributed by atoms with Gasteiger partial charge >= 0.3 is 0 Å². The van der Waals surface area contributed by atoms with Crippen LogP contribution < -0.4 is 5.32 Å². The Kier molecular flexibility index (Phi) is 4.55. The van der Waals surface area contributed by atoms with Gasteiger partial charge in [0.25, 0.3) is 0 Å². The highest BCUT2D eigenvalue weighted by molar-refractivity contribution is 4.62. The molecule has 0 aromatic rings. The van der Waals surface area contributed by atoms with E-state index in [1.807, 2.05) is 0 Å². The van der Waals surface area contributed by atoms with Crippen LogP contribution in [0.25, 0.3) is 0 Å². The predicted molar refractivity (Wildman–Crippen MR) is 48.6 cm³/mol. The monoisotopic (exact) mass is 156 g/mol. The van der Waals surface area contributed by atoms with Crippen molar-refractivity contribution in [3.05, 3.63) is 0 Å². The van der Waals surface area contributed by atoms with E-state index in [9.17, 15) is 0 Å². The largest absolute Gasteiger partial charge is 0.304 e. The molecule has 0 amide bonds. The number of piperidine rings is 1. The summed E-state index contributed by atoms with van der Waals surface area (Å²) >= 11 is 0. The third kappa shape index (κ3) is 3.73. The van der Waals surface area contributed by atoms with Crippen molar-refractivity contribution < 1.29 is 0 Å². The summed E-state index contributed by atoms with van der Waals surface area (Å²) in [4.78, 5) is 2.51. The molecule has 2 nitrogen and oxygen atoms in total. The quantitative estimate of drug-likeness (QED) is 0.619. The number of likely N-dealkylation sites (tertiary alicyclic amines) is 1. The predicted octanol–water partition coefficient (Wildman–Crippen LogP) is 1.43. The molecule has 0 aromatic carbocycles. The molecule has 11 heavy (non-hydrogen) atoms. The first kappa shape index (κ1) is 9.01. The number of hydrogen-bond acceptors (Lipinski definition) is 2. The van der Waals surface area contributed by atoms with Crippen LogP contribution in [-0.4, -0.2) is 31.2 Å². The van der Waals surface area contributed by atoms with Crippen LogP contribution >= 0.6 is 0 Å². The van der Waals surface area contributed by atoms with Gasteiger partial charge in [-0.1, -0.05) is 13.3 Å². The van der Waals surface area contributed by atoms with Gasteiger partial charge < -0.3 is 5.32 Å². The molecule has 0 unspecified atom stereocenters. The van der Waals surface area contributed by atoms with Crippen molar-refractivity contribution in [2.45, 2.75) is 32.6 Å². The van der Waals surface area contributed by atoms with E-state index in [0.717, 1.165) is 13.2 Å². The zero-order chi connectivity index (χ0) is 7.94. The maximum absolute atomic E-state index is 3.43. The number of nitrogens with zero attached hydrogens (tertiary/aromatic N) is 1. The van der Waals surface area contributed by atoms with Crippen molar-refractivity contribution in [2.24, 2.45) is 0 Å². The molecule has 1 heterocycles. The van der Waals surface area contributed by atoms with Crippen LogP contribution in [0.2, 0.25) is 0 Å². The summed E-state index contributed by atoms with van der Waals surface area (Å²) in [5, 5.41) is 3.43. The molecule has 1 rings (SSSR count). The fourth-order valence-electron chi connectivity index (χ4n) is 1.53. The standard InChI is InChI=1S/C9H20N2/c1-2-6-10-9-11-7-4-3-5-8-11/h10H,2-9H2,1H3. The van der Waals surface area contributed by atoms with Crippen LogP contribution in [-0.2, 0) is 0 Å². The van der Waals surface area contributed by atoms with Gasteiger partial charge in [0.15, 0.2) is 0 Å². The topological polar surface area (TPSA) is 15.3 Å². The number of rotatable bonds is 4. The van der Waals surface area contributed by atoms with Gasteiger partial charge in [0, 0.05) is 6.67 Å². The second-order valence-electron chi connectivity index (χ2n) is 3.34. The number of nitrogens with one attached hydrogen (secondary N) is 1. The summed E-state index contributed by atoms with van der Waals surface area (Å²) in [5.74, 6) is 0. The first-order chi connectivity index (χ1) is 5.43. The molecule has 1 fully saturated rings. The van der Waals surface area contributed by atoms with Gasteiger partial charge in [-0.25, -0.2) is 0 Å². The summed E-state index contributed by atoms with van der Waals surface area (Å²) < 4.78 is 0. The van der Waals surface area contributed by atoms with Crippen molar-refractivity contribution >= 4 is 0 Å². The Morgan fingerprint density at radius 3 is 2.55 bits per heavy atom. The Morgan fingerprint density at radius 2 is 1.91 bits per heavy atom. The Labute approximate surface area is 70.0 Å². The van der Waals surface area contributed by atoms with Gasteiger partial charge in [-0.3, -0.25) is 4.90 Å². The molecular formula is C9H20N2. The maximum atomic E-state index is 3.43. The van der Waals surface area contributed by atoms with Crippen LogP contribution in [0.1, 0.15) is 32.6 Å². The summed E-state index contributed by atoms with van der Waals surface area (Å²) in [6.07, 6.45) is 5.47. The SMILES string of the molecule is CCCNCN1CCCCC1. The maximum Gasteiger partial charge on any atom is 0.0480 e. The second-order valence-corrected chi connectivity index (χ2v) is 3.34. The molecule has 0 saturated carbocycles. The molecule has 0 atom stereocenters. The molecular weight excluding hydrogens is 136 g/mol. The molecule has 0 spiro atoms. The Bertz CT molecular complexity index is 87.6. The molecule has 0 bridgehead atoms. The highest BCUT2D eigenvalue weighted by Gasteiger charge is 2.07. The van der Waals surface area contributed by atoms with Crippen LogP contribution in [0, 0.1) is 0 Å². The first-order valence-corrected chi connectivity index (χ1v) is 4.86. The fraction of sp³-hybridized carbons (Fsp3) is 1.00. The van der Waals surface area contributed by atoms with Crippen molar-refractivity contribution in [1.29, 1.82) is 0 Å². The molecule has 1 saturated heterocycles. The van der Waals surface area contributed by atoms with E-state index < -0.39 is 0 Å². The van der Waals surface area contributed by atoms with E-state index in [2.05, 4.69) is 17.1 Å². The van der Waals surface area contributed by atoms with E-state index in [1.54, 1.807) is 0 Å². The van der Waals surface area contributed by atoms with Crippen molar-refractivity contribution in [3.63, 3.8) is 0 Å². The normalized spacial score (nSPS) is 20.5. The van der Waals surface area contributed by atoms with Crippen molar-refractivity contribution in [1.82, 2.24) is 10.2 Å². The van der Waals surface area contributed by atoms with Crippen LogP contribution in [0.4, 0.5) is 0 Å². The van der Waals surface area contributed by atoms with E-state index in [1.165, 1.54) is 38.8 Å². The summed E-state index contributed by atoms with van der Waals surface area (Å²) in [6, 6.07) is 0. The minimum atomic E-state index is 1.10. The fourth-order valence-corrected chi connectivity index (χ4v) is 1.53. The van der Waals surface area contributed by atoms with Crippen LogP contribution in [0.3, 0.4) is 0 Å². The van der Waals surface area contributed by atoms with E-state index in [-0.39, 0.29) is 0 Å². The Hall–Kier alpha value is -0.0800. The van der Waals surface area contributed by atoms with E-state index >= 15 is 0 Å². The Morgan fingerprint density at radius 1 is 1.18 bits per heavy atom. The highest BCUT2D eigenvalue weighted by atomic mass is 15.2. The third-order valence-electron chi connectivity index (χ3n) is 2.21. The van der Waals surface area contributed by atoms with E-state index in [4.69, 9.17) is 0 Å². The number of hydrogen-bond donors (Lipinski definition) is 1. The Balaban J connectivity index is 1.96. The molecule has 0 aliphatic carbocycles. The molecule has 2 heteroatoms. The van der Waals surface area contributed by atoms with Gasteiger partial charge in [-0.2, -0.15) is 0 Å². The van der Waals surface area contributed by atoms with Gasteiger partial charge in [-0.15, -0.1) is 0 Å². The van der Waals surface area contributed by atoms with Crippen LogP contribution in [0.5, 0.6) is 0 Å². The summed E-state index contributed by atoms with van der Waals surface area (Å²) in [5.41, 5.74) is 0. The molecule has 1 aliphatic heterocycles. The van der Waals surface area contributed by atoms with Gasteiger partial charge in [0.05, 0.1) is 0 Å². The van der Waals surface area contributed by atoms with Gasteiger partial charge in [0.2, 0.25) is 0 Å². The first-order valence-electron chi connectivity index (χ1n) is 4.86. The average molecular weight is 156 g/mol.